The Balaban J connectivity index is 1.81. The van der Waals surface area contributed by atoms with Gasteiger partial charge in [0.25, 0.3) is 0 Å². The van der Waals surface area contributed by atoms with E-state index in [1.807, 2.05) is 29.8 Å². The van der Waals surface area contributed by atoms with E-state index in [0.29, 0.717) is 18.8 Å². The molecule has 1 aliphatic heterocycles. The van der Waals surface area contributed by atoms with Crippen molar-refractivity contribution in [2.45, 2.75) is 63.8 Å². The molecule has 0 saturated carbocycles. The van der Waals surface area contributed by atoms with E-state index in [0.717, 1.165) is 14.6 Å². The number of halogens is 1. The van der Waals surface area contributed by atoms with Crippen molar-refractivity contribution in [1.82, 2.24) is 19.4 Å². The molecule has 3 rings (SSSR count). The lowest BCUT2D eigenvalue weighted by atomic mass is 10.2. The minimum Gasteiger partial charge on any atom is -0.414 e. The average Bonchev–Trinajstić information content (AvgIpc) is 3.17. The molecule has 1 aliphatic rings. The number of hydrogen-bond acceptors (Lipinski definition) is 6. The predicted octanol–water partition coefficient (Wildman–Crippen LogP) is 3.93. The van der Waals surface area contributed by atoms with Gasteiger partial charge in [0.1, 0.15) is 24.3 Å². The molecule has 1 saturated heterocycles. The molecule has 3 atom stereocenters. The van der Waals surface area contributed by atoms with Crippen LogP contribution in [0.1, 0.15) is 33.4 Å². The molecule has 8 nitrogen and oxygen atoms in total. The zero-order valence-electron chi connectivity index (χ0n) is 18.8. The minimum absolute atomic E-state index is 0.114. The molecule has 3 heterocycles. The predicted molar refractivity (Wildman–Crippen MR) is 130 cm³/mol. The number of rotatable bonds is 6. The minimum atomic E-state index is -1.91. The molecular formula is C20H32IN5O3Si. The van der Waals surface area contributed by atoms with Crippen molar-refractivity contribution >= 4 is 54.1 Å². The summed E-state index contributed by atoms with van der Waals surface area (Å²) in [6.07, 6.45) is 4.48. The van der Waals surface area contributed by atoms with Crippen molar-refractivity contribution in [3.05, 3.63) is 16.1 Å². The Morgan fingerprint density at radius 1 is 1.40 bits per heavy atom. The summed E-state index contributed by atoms with van der Waals surface area (Å²) < 4.78 is 15.5. The van der Waals surface area contributed by atoms with Crippen LogP contribution >= 0.6 is 22.6 Å². The van der Waals surface area contributed by atoms with E-state index in [-0.39, 0.29) is 17.4 Å². The quantitative estimate of drug-likeness (QED) is 0.256. The van der Waals surface area contributed by atoms with Gasteiger partial charge in [0.05, 0.1) is 24.4 Å². The van der Waals surface area contributed by atoms with E-state index < -0.39 is 14.4 Å². The molecule has 0 bridgehead atoms. The third-order valence-electron chi connectivity index (χ3n) is 5.88. The smallest absolute Gasteiger partial charge is 0.192 e. The van der Waals surface area contributed by atoms with Crippen LogP contribution in [0.3, 0.4) is 0 Å². The van der Waals surface area contributed by atoms with Crippen molar-refractivity contribution in [3.8, 4) is 0 Å². The summed E-state index contributed by atoms with van der Waals surface area (Å²) in [6, 6.07) is 0. The van der Waals surface area contributed by atoms with Crippen LogP contribution in [-0.4, -0.2) is 72.1 Å². The van der Waals surface area contributed by atoms with Crippen LogP contribution < -0.4 is 0 Å². The van der Waals surface area contributed by atoms with E-state index in [1.165, 1.54) is 6.33 Å². The number of fused-ring (bicyclic) bond motifs is 1. The lowest BCUT2D eigenvalue weighted by molar-refractivity contribution is -0.0403. The first-order valence-corrected chi connectivity index (χ1v) is 14.1. The number of aromatic nitrogens is 3. The summed E-state index contributed by atoms with van der Waals surface area (Å²) in [5.41, 5.74) is 0.753. The third kappa shape index (κ3) is 4.87. The van der Waals surface area contributed by atoms with E-state index in [1.54, 1.807) is 6.34 Å². The fourth-order valence-corrected chi connectivity index (χ4v) is 4.85. The largest absolute Gasteiger partial charge is 0.414 e. The summed E-state index contributed by atoms with van der Waals surface area (Å²) >= 11 is 2.27. The zero-order valence-corrected chi connectivity index (χ0v) is 21.9. The molecule has 0 unspecified atom stereocenters. The molecule has 10 heteroatoms. The van der Waals surface area contributed by atoms with Gasteiger partial charge < -0.3 is 23.7 Å². The summed E-state index contributed by atoms with van der Waals surface area (Å²) in [5, 5.41) is 11.6. The van der Waals surface area contributed by atoms with E-state index in [9.17, 15) is 5.11 Å². The summed E-state index contributed by atoms with van der Waals surface area (Å²) in [6.45, 7) is 11.4. The maximum Gasteiger partial charge on any atom is 0.192 e. The van der Waals surface area contributed by atoms with Gasteiger partial charge in [-0.15, -0.1) is 0 Å². The first-order valence-electron chi connectivity index (χ1n) is 10.1. The molecule has 0 aromatic carbocycles. The SMILES string of the molecule is CN(C)/C=N/c1ncnc2c1c(I)cn2[C@H]1C[C@@H](O)[C@@H](CO[Si](C)(C)C(C)(C)C)O1. The van der Waals surface area contributed by atoms with Crippen molar-refractivity contribution in [2.75, 3.05) is 20.7 Å². The Morgan fingerprint density at radius 3 is 2.73 bits per heavy atom. The second-order valence-electron chi connectivity index (χ2n) is 9.49. The number of ether oxygens (including phenoxy) is 1. The van der Waals surface area contributed by atoms with Crippen LogP contribution in [-0.2, 0) is 9.16 Å². The second kappa shape index (κ2) is 8.81. The van der Waals surface area contributed by atoms with Gasteiger partial charge in [-0.3, -0.25) is 0 Å². The topological polar surface area (TPSA) is 85.0 Å². The van der Waals surface area contributed by atoms with Crippen LogP contribution in [0.25, 0.3) is 11.0 Å². The van der Waals surface area contributed by atoms with E-state index in [2.05, 4.69) is 71.4 Å². The number of aliphatic hydroxyl groups excluding tert-OH is 1. The molecule has 1 N–H and O–H groups in total. The lowest BCUT2D eigenvalue weighted by Crippen LogP contribution is -2.43. The van der Waals surface area contributed by atoms with Crippen LogP contribution in [0.15, 0.2) is 17.5 Å². The maximum atomic E-state index is 10.6. The molecule has 0 amide bonds. The molecule has 2 aromatic heterocycles. The molecule has 166 valence electrons. The van der Waals surface area contributed by atoms with Gasteiger partial charge in [0.2, 0.25) is 0 Å². The monoisotopic (exact) mass is 545 g/mol. The van der Waals surface area contributed by atoms with Gasteiger partial charge in [-0.25, -0.2) is 15.0 Å². The van der Waals surface area contributed by atoms with E-state index >= 15 is 0 Å². The second-order valence-corrected chi connectivity index (χ2v) is 15.5. The van der Waals surface area contributed by atoms with Gasteiger partial charge in [0.15, 0.2) is 14.1 Å². The Bertz CT molecular complexity index is 925. The molecule has 0 spiro atoms. The maximum absolute atomic E-state index is 10.6. The van der Waals surface area contributed by atoms with Crippen molar-refractivity contribution in [1.29, 1.82) is 0 Å². The lowest BCUT2D eigenvalue weighted by Gasteiger charge is -2.37. The average molecular weight is 545 g/mol. The fraction of sp³-hybridized carbons (Fsp3) is 0.650. The van der Waals surface area contributed by atoms with Crippen LogP contribution in [0, 0.1) is 3.57 Å². The first-order chi connectivity index (χ1) is 13.9. The molecule has 30 heavy (non-hydrogen) atoms. The standard InChI is InChI=1S/C20H32IN5O3Si/c1-20(2,3)30(6,7)28-10-15-14(27)8-16(29-15)26-9-13(21)17-18(24-12-25(4)5)22-11-23-19(17)26/h9,11-12,14-16,27H,8,10H2,1-7H3/b24-12+/t14-,15-,16-/m1/s1. The highest BCUT2D eigenvalue weighted by molar-refractivity contribution is 14.1. The van der Waals surface area contributed by atoms with Gasteiger partial charge in [-0.1, -0.05) is 20.8 Å². The van der Waals surface area contributed by atoms with E-state index in [4.69, 9.17) is 9.16 Å². The number of aliphatic hydroxyl groups is 1. The van der Waals surface area contributed by atoms with Gasteiger partial charge in [-0.05, 0) is 40.7 Å². The van der Waals surface area contributed by atoms with Crippen LogP contribution in [0.5, 0.6) is 0 Å². The Labute approximate surface area is 193 Å². The number of hydrogen-bond donors (Lipinski definition) is 1. The summed E-state index contributed by atoms with van der Waals surface area (Å²) in [5.74, 6) is 0.619. The van der Waals surface area contributed by atoms with Crippen LogP contribution in [0.2, 0.25) is 18.1 Å². The van der Waals surface area contributed by atoms with Gasteiger partial charge >= 0.3 is 0 Å². The van der Waals surface area contributed by atoms with Gasteiger partial charge in [0, 0.05) is 30.3 Å². The fourth-order valence-electron chi connectivity index (χ4n) is 3.05. The highest BCUT2D eigenvalue weighted by Crippen LogP contribution is 2.39. The summed E-state index contributed by atoms with van der Waals surface area (Å²) in [7, 11) is 1.92. The molecule has 0 radical (unpaired) electrons. The van der Waals surface area contributed by atoms with Crippen LogP contribution in [0.4, 0.5) is 5.82 Å². The Hall–Kier alpha value is -1.08. The third-order valence-corrected chi connectivity index (χ3v) is 11.2. The number of aliphatic imine (C=N–C) groups is 1. The normalized spacial score (nSPS) is 23.0. The van der Waals surface area contributed by atoms with Gasteiger partial charge in [-0.2, -0.15) is 0 Å². The molecular weight excluding hydrogens is 513 g/mol. The van der Waals surface area contributed by atoms with Crippen molar-refractivity contribution in [3.63, 3.8) is 0 Å². The Morgan fingerprint density at radius 2 is 2.10 bits per heavy atom. The molecule has 2 aromatic rings. The summed E-state index contributed by atoms with van der Waals surface area (Å²) in [4.78, 5) is 15.1. The number of nitrogens with zero attached hydrogens (tertiary/aromatic N) is 5. The zero-order chi connectivity index (χ0) is 22.3. The first kappa shape index (κ1) is 23.6. The van der Waals surface area contributed by atoms with Crippen molar-refractivity contribution < 1.29 is 14.3 Å². The Kier molecular flexibility index (Phi) is 6.92. The molecule has 1 fully saturated rings. The highest BCUT2D eigenvalue weighted by Gasteiger charge is 2.41. The van der Waals surface area contributed by atoms with Crippen molar-refractivity contribution in [2.24, 2.45) is 4.99 Å². The molecule has 0 aliphatic carbocycles. The highest BCUT2D eigenvalue weighted by atomic mass is 127.